The van der Waals surface area contributed by atoms with E-state index in [2.05, 4.69) is 0 Å². The molecule has 0 aliphatic rings. The summed E-state index contributed by atoms with van der Waals surface area (Å²) >= 11 is 0.989. The van der Waals surface area contributed by atoms with Gasteiger partial charge in [-0.15, -0.1) is 11.8 Å². The van der Waals surface area contributed by atoms with Gasteiger partial charge in [-0.1, -0.05) is 0 Å². The van der Waals surface area contributed by atoms with E-state index in [0.717, 1.165) is 23.9 Å². The minimum Gasteiger partial charge on any atom is -0.496 e. The Morgan fingerprint density at radius 2 is 1.90 bits per heavy atom. The summed E-state index contributed by atoms with van der Waals surface area (Å²) in [6.07, 6.45) is 0. The quantitative estimate of drug-likeness (QED) is 0.691. The van der Waals surface area contributed by atoms with Gasteiger partial charge in [-0.05, 0) is 30.3 Å². The third-order valence-electron chi connectivity index (χ3n) is 2.80. The van der Waals surface area contributed by atoms with Gasteiger partial charge in [0.2, 0.25) is 0 Å². The monoisotopic (exact) mass is 306 g/mol. The molecule has 0 heterocycles. The van der Waals surface area contributed by atoms with Crippen LogP contribution in [-0.4, -0.2) is 7.11 Å². The number of hydrogen-bond acceptors (Lipinski definition) is 4. The summed E-state index contributed by atoms with van der Waals surface area (Å²) in [6, 6.07) is 9.09. The summed E-state index contributed by atoms with van der Waals surface area (Å²) in [6.45, 7) is 0. The van der Waals surface area contributed by atoms with Crippen molar-refractivity contribution in [1.29, 1.82) is 5.26 Å². The fourth-order valence-electron chi connectivity index (χ4n) is 1.83. The van der Waals surface area contributed by atoms with Crippen molar-refractivity contribution in [1.82, 2.24) is 0 Å². The number of nitriles is 1. The third-order valence-corrected chi connectivity index (χ3v) is 3.94. The molecule has 2 aromatic rings. The molecule has 108 valence electrons. The number of anilines is 1. The van der Waals surface area contributed by atoms with Crippen LogP contribution in [0.4, 0.5) is 14.5 Å². The lowest BCUT2D eigenvalue weighted by molar-refractivity contribution is 0.411. The number of halogens is 2. The topological polar surface area (TPSA) is 59.0 Å². The van der Waals surface area contributed by atoms with E-state index in [-0.39, 0.29) is 16.3 Å². The molecule has 6 heteroatoms. The van der Waals surface area contributed by atoms with Crippen LogP contribution in [0.15, 0.2) is 35.2 Å². The molecule has 0 saturated carbocycles. The van der Waals surface area contributed by atoms with Crippen LogP contribution in [-0.2, 0) is 5.75 Å². The standard InChI is InChI=1S/C15H12F2N2OS/c1-20-14-3-2-9(7-18)4-10(14)8-21-15-12(16)5-11(19)6-13(15)17/h2-6H,8,19H2,1H3. The highest BCUT2D eigenvalue weighted by Crippen LogP contribution is 2.32. The predicted molar refractivity (Wildman–Crippen MR) is 78.0 cm³/mol. The second-order valence-corrected chi connectivity index (χ2v) is 5.23. The van der Waals surface area contributed by atoms with E-state index in [9.17, 15) is 8.78 Å². The minimum absolute atomic E-state index is 0.0402. The molecule has 0 saturated heterocycles. The molecule has 3 nitrogen and oxygen atoms in total. The molecule has 0 unspecified atom stereocenters. The Balaban J connectivity index is 2.26. The second kappa shape index (κ2) is 6.46. The highest BCUT2D eigenvalue weighted by Gasteiger charge is 2.13. The Morgan fingerprint density at radius 3 is 2.48 bits per heavy atom. The van der Waals surface area contributed by atoms with E-state index >= 15 is 0 Å². The van der Waals surface area contributed by atoms with Gasteiger partial charge in [0.05, 0.1) is 23.6 Å². The Bertz CT molecular complexity index is 690. The van der Waals surface area contributed by atoms with Crippen molar-refractivity contribution in [3.8, 4) is 11.8 Å². The van der Waals surface area contributed by atoms with Gasteiger partial charge in [-0.2, -0.15) is 5.26 Å². The smallest absolute Gasteiger partial charge is 0.141 e. The molecular weight excluding hydrogens is 294 g/mol. The maximum atomic E-state index is 13.7. The van der Waals surface area contributed by atoms with Gasteiger partial charge in [-0.25, -0.2) is 8.78 Å². The zero-order valence-electron chi connectivity index (χ0n) is 11.2. The Kier molecular flexibility index (Phi) is 4.66. The van der Waals surface area contributed by atoms with Crippen molar-refractivity contribution < 1.29 is 13.5 Å². The van der Waals surface area contributed by atoms with E-state index in [1.165, 1.54) is 7.11 Å². The fraction of sp³-hybridized carbons (Fsp3) is 0.133. The molecule has 2 aromatic carbocycles. The zero-order valence-corrected chi connectivity index (χ0v) is 12.0. The van der Waals surface area contributed by atoms with E-state index in [1.807, 2.05) is 6.07 Å². The van der Waals surface area contributed by atoms with Crippen LogP contribution in [0.25, 0.3) is 0 Å². The van der Waals surface area contributed by atoms with Crippen LogP contribution in [0.5, 0.6) is 5.75 Å². The van der Waals surface area contributed by atoms with Crippen LogP contribution >= 0.6 is 11.8 Å². The lowest BCUT2D eigenvalue weighted by atomic mass is 10.1. The highest BCUT2D eigenvalue weighted by atomic mass is 32.2. The van der Waals surface area contributed by atoms with E-state index in [1.54, 1.807) is 18.2 Å². The van der Waals surface area contributed by atoms with Gasteiger partial charge < -0.3 is 10.5 Å². The van der Waals surface area contributed by atoms with E-state index in [4.69, 9.17) is 15.7 Å². The van der Waals surface area contributed by atoms with Crippen molar-refractivity contribution in [2.24, 2.45) is 0 Å². The molecular formula is C15H12F2N2OS. The van der Waals surface area contributed by atoms with Crippen LogP contribution in [0.2, 0.25) is 0 Å². The number of nitrogens with two attached hydrogens (primary N) is 1. The zero-order chi connectivity index (χ0) is 15.4. The molecule has 0 aliphatic carbocycles. The second-order valence-electron chi connectivity index (χ2n) is 4.24. The first-order valence-corrected chi connectivity index (χ1v) is 6.98. The number of nitrogen functional groups attached to an aromatic ring is 1. The number of methoxy groups -OCH3 is 1. The number of hydrogen-bond donors (Lipinski definition) is 1. The average molecular weight is 306 g/mol. The largest absolute Gasteiger partial charge is 0.496 e. The molecule has 0 radical (unpaired) electrons. The molecule has 0 amide bonds. The Morgan fingerprint density at radius 1 is 1.24 bits per heavy atom. The molecule has 21 heavy (non-hydrogen) atoms. The van der Waals surface area contributed by atoms with Crippen LogP contribution < -0.4 is 10.5 Å². The highest BCUT2D eigenvalue weighted by molar-refractivity contribution is 7.98. The summed E-state index contributed by atoms with van der Waals surface area (Å²) in [5, 5.41) is 8.90. The SMILES string of the molecule is COc1ccc(C#N)cc1CSc1c(F)cc(N)cc1F. The van der Waals surface area contributed by atoms with Crippen molar-refractivity contribution in [3.05, 3.63) is 53.1 Å². The van der Waals surface area contributed by atoms with Gasteiger partial charge >= 0.3 is 0 Å². The van der Waals surface area contributed by atoms with Crippen molar-refractivity contribution in [3.63, 3.8) is 0 Å². The molecule has 0 atom stereocenters. The number of benzene rings is 2. The lowest BCUT2D eigenvalue weighted by Crippen LogP contribution is -1.95. The summed E-state index contributed by atoms with van der Waals surface area (Å²) in [5.74, 6) is -0.560. The van der Waals surface area contributed by atoms with Gasteiger partial charge in [-0.3, -0.25) is 0 Å². The third kappa shape index (κ3) is 3.44. The minimum atomic E-state index is -0.701. The number of thioether (sulfide) groups is 1. The Hall–Kier alpha value is -2.26. The maximum absolute atomic E-state index is 13.7. The van der Waals surface area contributed by atoms with Gasteiger partial charge in [0.25, 0.3) is 0 Å². The maximum Gasteiger partial charge on any atom is 0.141 e. The molecule has 0 aromatic heterocycles. The van der Waals surface area contributed by atoms with Crippen LogP contribution in [0.3, 0.4) is 0 Å². The average Bonchev–Trinajstić information content (AvgIpc) is 2.45. The van der Waals surface area contributed by atoms with Crippen LogP contribution in [0, 0.1) is 23.0 Å². The lowest BCUT2D eigenvalue weighted by Gasteiger charge is -2.10. The molecule has 0 fully saturated rings. The molecule has 0 bridgehead atoms. The first kappa shape index (κ1) is 15.1. The van der Waals surface area contributed by atoms with Crippen molar-refractivity contribution in [2.75, 3.05) is 12.8 Å². The normalized spacial score (nSPS) is 10.2. The first-order chi connectivity index (χ1) is 10.0. The van der Waals surface area contributed by atoms with E-state index in [0.29, 0.717) is 16.9 Å². The first-order valence-electron chi connectivity index (χ1n) is 5.99. The van der Waals surface area contributed by atoms with Crippen molar-refractivity contribution in [2.45, 2.75) is 10.6 Å². The summed E-state index contributed by atoms with van der Waals surface area (Å²) in [4.78, 5) is -0.103. The number of nitrogens with zero attached hydrogens (tertiary/aromatic N) is 1. The van der Waals surface area contributed by atoms with Crippen LogP contribution in [0.1, 0.15) is 11.1 Å². The van der Waals surface area contributed by atoms with Crippen molar-refractivity contribution >= 4 is 17.4 Å². The predicted octanol–water partition coefficient (Wildman–Crippen LogP) is 3.72. The fourth-order valence-corrected chi connectivity index (χ4v) is 2.75. The van der Waals surface area contributed by atoms with Gasteiger partial charge in [0, 0.05) is 17.0 Å². The van der Waals surface area contributed by atoms with Gasteiger partial charge in [0.15, 0.2) is 0 Å². The number of rotatable bonds is 4. The number of ether oxygens (including phenoxy) is 1. The van der Waals surface area contributed by atoms with E-state index < -0.39 is 11.6 Å². The van der Waals surface area contributed by atoms with Gasteiger partial charge in [0.1, 0.15) is 17.4 Å². The molecule has 2 rings (SSSR count). The molecule has 0 aliphatic heterocycles. The summed E-state index contributed by atoms with van der Waals surface area (Å²) in [5.41, 5.74) is 6.57. The summed E-state index contributed by atoms with van der Waals surface area (Å²) in [7, 11) is 1.50. The summed E-state index contributed by atoms with van der Waals surface area (Å²) < 4.78 is 32.6. The molecule has 0 spiro atoms. The molecule has 2 N–H and O–H groups in total. The Labute approximate surface area is 125 Å².